The number of hydrogen-bond acceptors (Lipinski definition) is 9. The lowest BCUT2D eigenvalue weighted by molar-refractivity contribution is -0.132. The Labute approximate surface area is 257 Å². The van der Waals surface area contributed by atoms with Crippen molar-refractivity contribution in [2.45, 2.75) is 84.1 Å². The molecule has 13 nitrogen and oxygen atoms in total. The van der Waals surface area contributed by atoms with E-state index in [0.29, 0.717) is 54.8 Å². The number of hydrogen-bond donors (Lipinski definition) is 1. The van der Waals surface area contributed by atoms with Crippen molar-refractivity contribution in [3.05, 3.63) is 45.4 Å². The van der Waals surface area contributed by atoms with E-state index in [1.807, 2.05) is 13.8 Å². The van der Waals surface area contributed by atoms with E-state index in [1.54, 1.807) is 24.0 Å². The molecule has 1 aromatic carbocycles. The van der Waals surface area contributed by atoms with Crippen LogP contribution in [-0.2, 0) is 20.9 Å². The molecule has 5 rings (SSSR count). The van der Waals surface area contributed by atoms with Gasteiger partial charge in [-0.1, -0.05) is 0 Å². The third-order valence-electron chi connectivity index (χ3n) is 8.31. The van der Waals surface area contributed by atoms with Gasteiger partial charge in [0.15, 0.2) is 23.7 Å². The predicted molar refractivity (Wildman–Crippen MR) is 153 cm³/mol. The largest absolute Gasteiger partial charge is 0.519 e. The van der Waals surface area contributed by atoms with Gasteiger partial charge in [-0.05, 0) is 58.2 Å². The zero-order valence-corrected chi connectivity index (χ0v) is 25.5. The zero-order valence-electron chi connectivity index (χ0n) is 25.5. The molecule has 1 aliphatic carbocycles. The van der Waals surface area contributed by atoms with Gasteiger partial charge in [0.1, 0.15) is 5.75 Å². The topological polar surface area (TPSA) is 152 Å². The lowest BCUT2D eigenvalue weighted by atomic mass is 9.98. The minimum Gasteiger partial charge on any atom is -0.475 e. The van der Waals surface area contributed by atoms with Crippen LogP contribution >= 0.6 is 0 Å². The second-order valence-corrected chi connectivity index (χ2v) is 11.8. The number of alkyl halides is 2. The fourth-order valence-electron chi connectivity index (χ4n) is 5.86. The summed E-state index contributed by atoms with van der Waals surface area (Å²) in [6.07, 6.45) is -1.55. The van der Waals surface area contributed by atoms with Gasteiger partial charge < -0.3 is 38.3 Å². The van der Waals surface area contributed by atoms with Crippen LogP contribution in [0.4, 0.5) is 19.3 Å². The molecule has 244 valence electrons. The highest BCUT2D eigenvalue weighted by molar-refractivity contribution is 6.06. The summed E-state index contributed by atoms with van der Waals surface area (Å²) in [5, 5.41) is 2.12. The maximum Gasteiger partial charge on any atom is 0.519 e. The number of amides is 4. The highest BCUT2D eigenvalue weighted by Gasteiger charge is 2.58. The number of likely N-dealkylation sites (tertiary alicyclic amines) is 1. The van der Waals surface area contributed by atoms with Gasteiger partial charge in [-0.2, -0.15) is 8.78 Å². The first kappa shape index (κ1) is 32.0. The molecule has 2 aromatic rings. The Bertz CT molecular complexity index is 1550. The normalized spacial score (nSPS) is 18.6. The van der Waals surface area contributed by atoms with Crippen LogP contribution < -0.4 is 20.8 Å². The molecule has 3 aliphatic rings. The van der Waals surface area contributed by atoms with E-state index in [-0.39, 0.29) is 61.7 Å². The van der Waals surface area contributed by atoms with Crippen LogP contribution in [0.15, 0.2) is 25.8 Å². The van der Waals surface area contributed by atoms with Gasteiger partial charge in [0.2, 0.25) is 0 Å². The van der Waals surface area contributed by atoms with Crippen LogP contribution in [0, 0.1) is 13.8 Å². The quantitative estimate of drug-likeness (QED) is 0.439. The van der Waals surface area contributed by atoms with Gasteiger partial charge in [0.05, 0.1) is 11.7 Å². The van der Waals surface area contributed by atoms with Gasteiger partial charge in [-0.15, -0.1) is 0 Å². The molecule has 4 amide bonds. The number of ether oxygens (including phenoxy) is 2. The van der Waals surface area contributed by atoms with Crippen LogP contribution in [0.1, 0.15) is 67.0 Å². The van der Waals surface area contributed by atoms with Crippen molar-refractivity contribution >= 4 is 29.5 Å². The molecular formula is C30H36F2N4O9. The predicted octanol–water partition coefficient (Wildman–Crippen LogP) is 3.14. The summed E-state index contributed by atoms with van der Waals surface area (Å²) in [7, 11) is 0. The molecule has 15 heteroatoms. The van der Waals surface area contributed by atoms with Crippen LogP contribution in [0.5, 0.6) is 5.75 Å². The number of anilines is 1. The van der Waals surface area contributed by atoms with Gasteiger partial charge in [0, 0.05) is 50.6 Å². The monoisotopic (exact) mass is 634 g/mol. The third-order valence-corrected chi connectivity index (χ3v) is 8.31. The molecular weight excluding hydrogens is 598 g/mol. The molecule has 2 fully saturated rings. The highest BCUT2D eigenvalue weighted by atomic mass is 19.3. The third kappa shape index (κ3) is 6.52. The molecule has 1 spiro atoms. The summed E-state index contributed by atoms with van der Waals surface area (Å²) in [6, 6.07) is 2.65. The number of fused-ring (bicyclic) bond motifs is 1. The summed E-state index contributed by atoms with van der Waals surface area (Å²) >= 11 is 0. The molecule has 1 saturated carbocycles. The molecule has 0 unspecified atom stereocenters. The Morgan fingerprint density at radius 1 is 1.16 bits per heavy atom. The molecule has 0 bridgehead atoms. The number of nitrogens with zero attached hydrogens (tertiary/aromatic N) is 3. The highest BCUT2D eigenvalue weighted by Crippen LogP contribution is 2.50. The summed E-state index contributed by atoms with van der Waals surface area (Å²) in [6.45, 7) is 7.09. The average Bonchev–Trinajstić information content (AvgIpc) is 3.68. The number of rotatable bonds is 9. The van der Waals surface area contributed by atoms with Gasteiger partial charge in [-0.25, -0.2) is 9.59 Å². The number of benzene rings is 1. The number of carbonyl (C=O) groups excluding carboxylic acids is 4. The van der Waals surface area contributed by atoms with E-state index in [9.17, 15) is 32.8 Å². The first-order valence-corrected chi connectivity index (χ1v) is 14.9. The molecule has 3 heterocycles. The minimum absolute atomic E-state index is 0.0819. The molecule has 1 saturated heterocycles. The molecule has 0 radical (unpaired) electrons. The number of aryl methyl sites for hydroxylation is 2. The Morgan fingerprint density at radius 3 is 2.51 bits per heavy atom. The van der Waals surface area contributed by atoms with E-state index >= 15 is 0 Å². The second kappa shape index (κ2) is 12.5. The van der Waals surface area contributed by atoms with Gasteiger partial charge in [0.25, 0.3) is 17.7 Å². The Kier molecular flexibility index (Phi) is 8.90. The second-order valence-electron chi connectivity index (χ2n) is 11.8. The fourth-order valence-corrected chi connectivity index (χ4v) is 5.86. The van der Waals surface area contributed by atoms with Crippen molar-refractivity contribution in [3.8, 4) is 5.75 Å². The maximum absolute atomic E-state index is 14.2. The number of halogens is 2. The smallest absolute Gasteiger partial charge is 0.475 e. The van der Waals surface area contributed by atoms with E-state index < -0.39 is 29.8 Å². The standard InChI is InChI=1S/C30H36F2N4O9/c1-16(2)36(19-6-5-10-34(14-19)28(40)42-15-23-18(4)43-29(41)44-23)26(38)20-13-21-22(12-17(20)3)45-30(7-8-30)27(39)35(21)11-9-33-25(37)24(31)32/h12-13,16,19,24H,5-11,14-15H2,1-4H3,(H,33,37)/t19-/m1/s1. The van der Waals surface area contributed by atoms with E-state index in [1.165, 1.54) is 16.7 Å². The van der Waals surface area contributed by atoms with Crippen molar-refractivity contribution in [1.29, 1.82) is 0 Å². The number of piperidine rings is 1. The molecule has 1 atom stereocenters. The lowest BCUT2D eigenvalue weighted by Gasteiger charge is -2.41. The van der Waals surface area contributed by atoms with Crippen molar-refractivity contribution in [2.75, 3.05) is 31.1 Å². The summed E-state index contributed by atoms with van der Waals surface area (Å²) in [5.41, 5.74) is 0.224. The van der Waals surface area contributed by atoms with Crippen molar-refractivity contribution in [2.24, 2.45) is 0 Å². The molecule has 1 N–H and O–H groups in total. The average molecular weight is 635 g/mol. The van der Waals surface area contributed by atoms with Crippen LogP contribution in [-0.4, -0.2) is 83.9 Å². The van der Waals surface area contributed by atoms with Gasteiger partial charge in [-0.3, -0.25) is 14.4 Å². The Balaban J connectivity index is 1.34. The summed E-state index contributed by atoms with van der Waals surface area (Å²) in [5.74, 6) is -2.25. The molecule has 45 heavy (non-hydrogen) atoms. The first-order chi connectivity index (χ1) is 21.3. The molecule has 2 aliphatic heterocycles. The van der Waals surface area contributed by atoms with Crippen molar-refractivity contribution in [3.63, 3.8) is 0 Å². The minimum atomic E-state index is -3.18. The first-order valence-electron chi connectivity index (χ1n) is 14.9. The molecule has 1 aromatic heterocycles. The summed E-state index contributed by atoms with van der Waals surface area (Å²) < 4.78 is 46.5. The van der Waals surface area contributed by atoms with Crippen molar-refractivity contribution < 1.29 is 46.3 Å². The Hall–Kier alpha value is -4.43. The van der Waals surface area contributed by atoms with E-state index in [0.717, 1.165) is 0 Å². The van der Waals surface area contributed by atoms with Crippen LogP contribution in [0.2, 0.25) is 0 Å². The maximum atomic E-state index is 14.2. The van der Waals surface area contributed by atoms with Crippen molar-refractivity contribution in [1.82, 2.24) is 15.1 Å². The fraction of sp³-hybridized carbons (Fsp3) is 0.567. The SMILES string of the molecule is Cc1cc2c(cc1C(=O)N(C(C)C)[C@@H]1CCCN(C(=O)OCc3oc(=O)oc3C)C1)N(CCNC(=O)C(F)F)C(=O)C1(CC1)O2. The van der Waals surface area contributed by atoms with E-state index in [2.05, 4.69) is 5.32 Å². The van der Waals surface area contributed by atoms with Gasteiger partial charge >= 0.3 is 18.3 Å². The van der Waals surface area contributed by atoms with Crippen LogP contribution in [0.3, 0.4) is 0 Å². The number of nitrogens with one attached hydrogen (secondary N) is 1. The summed E-state index contributed by atoms with van der Waals surface area (Å²) in [4.78, 5) is 67.8. The van der Waals surface area contributed by atoms with E-state index in [4.69, 9.17) is 18.3 Å². The number of carbonyl (C=O) groups is 4. The zero-order chi connectivity index (χ0) is 32.6. The van der Waals surface area contributed by atoms with Crippen LogP contribution in [0.25, 0.3) is 0 Å². The lowest BCUT2D eigenvalue weighted by Crippen LogP contribution is -2.54. The Morgan fingerprint density at radius 2 is 1.89 bits per heavy atom.